The molecule has 206 valence electrons. The molecule has 0 spiro atoms. The van der Waals surface area contributed by atoms with Crippen LogP contribution in [-0.2, 0) is 12.0 Å². The first-order chi connectivity index (χ1) is 17.7. The molecule has 0 bridgehead atoms. The lowest BCUT2D eigenvalue weighted by Gasteiger charge is -2.37. The molecule has 2 unspecified atom stereocenters. The van der Waals surface area contributed by atoms with Crippen LogP contribution in [0.5, 0.6) is 5.75 Å². The average molecular weight is 569 g/mol. The molecule has 2 atom stereocenters. The number of rotatable bonds is 11. The van der Waals surface area contributed by atoms with E-state index in [1.165, 1.54) is 18.3 Å². The Hall–Kier alpha value is -2.96. The number of alkyl halides is 7. The summed E-state index contributed by atoms with van der Waals surface area (Å²) in [6.07, 6.45) is -16.4. The number of nitrogens with zero attached hydrogens (tertiary/aromatic N) is 1. The summed E-state index contributed by atoms with van der Waals surface area (Å²) in [6.45, 7) is -0.698. The molecule has 0 aliphatic rings. The van der Waals surface area contributed by atoms with Gasteiger partial charge < -0.3 is 9.84 Å². The Kier molecular flexibility index (Phi) is 9.21. The summed E-state index contributed by atoms with van der Waals surface area (Å²) in [4.78, 5) is 4.21. The van der Waals surface area contributed by atoms with Crippen LogP contribution in [-0.4, -0.2) is 41.4 Å². The number of hydrogen-bond acceptors (Lipinski definition) is 4. The molecule has 0 aliphatic carbocycles. The van der Waals surface area contributed by atoms with E-state index in [9.17, 15) is 40.2 Å². The van der Waals surface area contributed by atoms with Crippen molar-refractivity contribution in [2.24, 2.45) is 0 Å². The van der Waals surface area contributed by atoms with Gasteiger partial charge in [0.2, 0.25) is 0 Å². The van der Waals surface area contributed by atoms with E-state index in [0.717, 1.165) is 12.1 Å². The number of aromatic nitrogens is 1. The molecule has 0 aliphatic heterocycles. The van der Waals surface area contributed by atoms with Gasteiger partial charge in [0.05, 0.1) is 28.8 Å². The quantitative estimate of drug-likeness (QED) is 0.259. The molecular formula is C25H21ClF8N2O2. The normalized spacial score (nSPS) is 14.8. The topological polar surface area (TPSA) is 54.4 Å². The molecular weight excluding hydrogens is 548 g/mol. The van der Waals surface area contributed by atoms with Crippen LogP contribution in [0.25, 0.3) is 0 Å². The van der Waals surface area contributed by atoms with E-state index in [0.29, 0.717) is 11.6 Å². The molecule has 0 fully saturated rings. The van der Waals surface area contributed by atoms with Crippen molar-refractivity contribution in [3.63, 3.8) is 0 Å². The van der Waals surface area contributed by atoms with Crippen LogP contribution >= 0.6 is 11.6 Å². The van der Waals surface area contributed by atoms with Gasteiger partial charge in [-0.1, -0.05) is 41.9 Å². The van der Waals surface area contributed by atoms with Gasteiger partial charge in [-0.15, -0.1) is 0 Å². The number of ether oxygens (including phenoxy) is 1. The lowest BCUT2D eigenvalue weighted by atomic mass is 9.80. The zero-order valence-corrected chi connectivity index (χ0v) is 20.1. The highest BCUT2D eigenvalue weighted by molar-refractivity contribution is 6.30. The number of aliphatic hydroxyl groups excluding tert-OH is 1. The summed E-state index contributed by atoms with van der Waals surface area (Å²) in [5.74, 6) is -2.12. The average Bonchev–Trinajstić information content (AvgIpc) is 2.81. The lowest BCUT2D eigenvalue weighted by molar-refractivity contribution is -0.253. The first-order valence-electron chi connectivity index (χ1n) is 11.0. The Labute approximate surface area is 217 Å². The van der Waals surface area contributed by atoms with Crippen LogP contribution in [0.15, 0.2) is 66.9 Å². The summed E-state index contributed by atoms with van der Waals surface area (Å²) >= 11 is 5.94. The standard InChI is InChI=1S/C25H21ClF8N2O2/c26-17-6-7-21(35-13-17)23(11-15-4-2-1-3-5-15,36-14-19(37)12-24(30,31)32)16-8-18(27)10-20(9-16)38-25(33,34)22(28)29/h1-10,13,19,22,36-37H,11-12,14H2. The van der Waals surface area contributed by atoms with E-state index in [1.807, 2.05) is 0 Å². The van der Waals surface area contributed by atoms with Gasteiger partial charge in [0.1, 0.15) is 11.6 Å². The van der Waals surface area contributed by atoms with Gasteiger partial charge in [-0.25, -0.2) is 4.39 Å². The fourth-order valence-electron chi connectivity index (χ4n) is 3.83. The maximum atomic E-state index is 14.7. The van der Waals surface area contributed by atoms with Crippen molar-refractivity contribution in [2.45, 2.75) is 43.2 Å². The minimum absolute atomic E-state index is 0.0575. The molecule has 13 heteroatoms. The Morgan fingerprint density at radius 2 is 1.66 bits per heavy atom. The predicted molar refractivity (Wildman–Crippen MR) is 123 cm³/mol. The summed E-state index contributed by atoms with van der Waals surface area (Å²) in [5.41, 5.74) is -1.36. The third kappa shape index (κ3) is 7.78. The van der Waals surface area contributed by atoms with Crippen molar-refractivity contribution in [3.05, 3.63) is 94.5 Å². The summed E-state index contributed by atoms with van der Waals surface area (Å²) in [7, 11) is 0. The molecule has 2 aromatic carbocycles. The van der Waals surface area contributed by atoms with Crippen LogP contribution < -0.4 is 10.1 Å². The van der Waals surface area contributed by atoms with Crippen molar-refractivity contribution in [1.29, 1.82) is 0 Å². The first kappa shape index (κ1) is 29.6. The minimum Gasteiger partial charge on any atom is -0.428 e. The second-order valence-corrected chi connectivity index (χ2v) is 8.86. The maximum absolute atomic E-state index is 14.7. The molecule has 4 nitrogen and oxygen atoms in total. The second kappa shape index (κ2) is 11.8. The highest BCUT2D eigenvalue weighted by atomic mass is 35.5. The van der Waals surface area contributed by atoms with Crippen LogP contribution in [0.2, 0.25) is 5.02 Å². The van der Waals surface area contributed by atoms with Gasteiger partial charge in [0.15, 0.2) is 0 Å². The van der Waals surface area contributed by atoms with Crippen molar-refractivity contribution in [3.8, 4) is 5.75 Å². The van der Waals surface area contributed by atoms with Gasteiger partial charge in [-0.3, -0.25) is 10.3 Å². The smallest absolute Gasteiger partial charge is 0.428 e. The molecule has 0 radical (unpaired) electrons. The first-order valence-corrected chi connectivity index (χ1v) is 11.4. The van der Waals surface area contributed by atoms with Gasteiger partial charge in [-0.2, -0.15) is 30.7 Å². The van der Waals surface area contributed by atoms with Crippen LogP contribution in [0.1, 0.15) is 23.2 Å². The summed E-state index contributed by atoms with van der Waals surface area (Å²) in [6, 6.07) is 13.2. The van der Waals surface area contributed by atoms with Crippen LogP contribution in [0, 0.1) is 5.82 Å². The SMILES string of the molecule is OC(CNC(Cc1ccccc1)(c1cc(F)cc(OC(F)(F)C(F)F)c1)c1ccc(Cl)cn1)CC(F)(F)F. The number of pyridine rings is 1. The van der Waals surface area contributed by atoms with E-state index in [-0.39, 0.29) is 22.7 Å². The zero-order chi connectivity index (χ0) is 28.1. The summed E-state index contributed by atoms with van der Waals surface area (Å²) in [5, 5.41) is 13.0. The monoisotopic (exact) mass is 568 g/mol. The Bertz CT molecular complexity index is 1200. The largest absolute Gasteiger partial charge is 0.461 e. The van der Waals surface area contributed by atoms with Gasteiger partial charge in [-0.05, 0) is 35.4 Å². The van der Waals surface area contributed by atoms with E-state index in [4.69, 9.17) is 11.6 Å². The molecule has 0 amide bonds. The maximum Gasteiger partial charge on any atom is 0.461 e. The molecule has 1 heterocycles. The number of hydrogen-bond donors (Lipinski definition) is 2. The van der Waals surface area contributed by atoms with E-state index in [1.54, 1.807) is 30.3 Å². The molecule has 3 aromatic rings. The number of halogens is 9. The lowest BCUT2D eigenvalue weighted by Crippen LogP contribution is -2.49. The molecule has 0 saturated heterocycles. The van der Waals surface area contributed by atoms with Crippen LogP contribution in [0.4, 0.5) is 35.1 Å². The predicted octanol–water partition coefficient (Wildman–Crippen LogP) is 6.50. The second-order valence-electron chi connectivity index (χ2n) is 8.42. The van der Waals surface area contributed by atoms with Gasteiger partial charge in [0.25, 0.3) is 0 Å². The van der Waals surface area contributed by atoms with Crippen molar-refractivity contribution >= 4 is 11.6 Å². The minimum atomic E-state index is -4.96. The van der Waals surface area contributed by atoms with Gasteiger partial charge >= 0.3 is 18.7 Å². The fourth-order valence-corrected chi connectivity index (χ4v) is 3.94. The summed E-state index contributed by atoms with van der Waals surface area (Å²) < 4.78 is 110. The number of aliphatic hydroxyl groups is 1. The highest BCUT2D eigenvalue weighted by Crippen LogP contribution is 2.37. The molecule has 1 aromatic heterocycles. The Balaban J connectivity index is 2.19. The number of benzene rings is 2. The highest BCUT2D eigenvalue weighted by Gasteiger charge is 2.45. The number of nitrogens with one attached hydrogen (secondary N) is 1. The van der Waals surface area contributed by atoms with Gasteiger partial charge in [0, 0.05) is 25.2 Å². The van der Waals surface area contributed by atoms with Crippen molar-refractivity contribution < 1.29 is 45.0 Å². The third-order valence-corrected chi connectivity index (χ3v) is 5.68. The molecule has 0 saturated carbocycles. The van der Waals surface area contributed by atoms with Crippen molar-refractivity contribution in [2.75, 3.05) is 6.54 Å². The van der Waals surface area contributed by atoms with Crippen molar-refractivity contribution in [1.82, 2.24) is 10.3 Å². The van der Waals surface area contributed by atoms with Crippen LogP contribution in [0.3, 0.4) is 0 Å². The van der Waals surface area contributed by atoms with E-state index < -0.39 is 54.9 Å². The molecule has 2 N–H and O–H groups in total. The van der Waals surface area contributed by atoms with E-state index in [2.05, 4.69) is 15.0 Å². The van der Waals surface area contributed by atoms with E-state index >= 15 is 0 Å². The molecule has 3 rings (SSSR count). The Morgan fingerprint density at radius 1 is 0.974 bits per heavy atom. The zero-order valence-electron chi connectivity index (χ0n) is 19.3. The third-order valence-electron chi connectivity index (χ3n) is 5.46. The fraction of sp³-hybridized carbons (Fsp3) is 0.320. The Morgan fingerprint density at radius 3 is 2.24 bits per heavy atom. The molecule has 38 heavy (non-hydrogen) atoms.